The zero-order chi connectivity index (χ0) is 39.2. The van der Waals surface area contributed by atoms with Crippen LogP contribution in [0.3, 0.4) is 0 Å². The maximum absolute atomic E-state index is 13.3. The van der Waals surface area contributed by atoms with Crippen LogP contribution in [-0.2, 0) is 14.3 Å². The third-order valence-electron chi connectivity index (χ3n) is 10.2. The van der Waals surface area contributed by atoms with Crippen LogP contribution in [0.1, 0.15) is 194 Å². The van der Waals surface area contributed by atoms with Gasteiger partial charge in [-0.1, -0.05) is 168 Å². The van der Waals surface area contributed by atoms with Gasteiger partial charge < -0.3 is 30.1 Å². The van der Waals surface area contributed by atoms with Crippen molar-refractivity contribution in [3.8, 4) is 0 Å². The molecule has 0 saturated heterocycles. The van der Waals surface area contributed by atoms with Crippen molar-refractivity contribution in [1.29, 1.82) is 0 Å². The van der Waals surface area contributed by atoms with Gasteiger partial charge in [-0.2, -0.15) is 0 Å². The van der Waals surface area contributed by atoms with Crippen LogP contribution in [0.15, 0.2) is 0 Å². The molecule has 0 saturated carbocycles. The van der Waals surface area contributed by atoms with Crippen molar-refractivity contribution in [1.82, 2.24) is 25.3 Å². The fourth-order valence-electron chi connectivity index (χ4n) is 6.55. The highest BCUT2D eigenvalue weighted by atomic mass is 16.6. The van der Waals surface area contributed by atoms with Crippen LogP contribution in [0.4, 0.5) is 4.79 Å². The zero-order valence-electron chi connectivity index (χ0n) is 36.1. The van der Waals surface area contributed by atoms with Gasteiger partial charge in [-0.25, -0.2) is 4.79 Å². The molecule has 9 nitrogen and oxygen atoms in total. The minimum absolute atomic E-state index is 0.0236. The number of hydrogen-bond acceptors (Lipinski definition) is 6. The molecule has 314 valence electrons. The first-order chi connectivity index (χ1) is 25.7. The number of carbonyl (C=O) groups is 3. The van der Waals surface area contributed by atoms with Gasteiger partial charge in [0.2, 0.25) is 11.8 Å². The average Bonchev–Trinajstić information content (AvgIpc) is 3.12. The summed E-state index contributed by atoms with van der Waals surface area (Å²) in [4.78, 5) is 44.6. The van der Waals surface area contributed by atoms with E-state index in [-0.39, 0.29) is 24.9 Å². The van der Waals surface area contributed by atoms with Crippen LogP contribution in [0.5, 0.6) is 0 Å². The predicted octanol–water partition coefficient (Wildman–Crippen LogP) is 10.1. The summed E-state index contributed by atoms with van der Waals surface area (Å²) < 4.78 is 5.94. The summed E-state index contributed by atoms with van der Waals surface area (Å²) in [5, 5.41) is 5.98. The molecule has 3 amide bonds. The Hall–Kier alpha value is -1.87. The molecule has 9 heteroatoms. The van der Waals surface area contributed by atoms with E-state index in [9.17, 15) is 14.4 Å². The van der Waals surface area contributed by atoms with Gasteiger partial charge in [-0.15, -0.1) is 0 Å². The molecule has 0 aromatic heterocycles. The van der Waals surface area contributed by atoms with Crippen LogP contribution < -0.4 is 10.6 Å². The highest BCUT2D eigenvalue weighted by molar-refractivity contribution is 5.76. The third-order valence-corrected chi connectivity index (χ3v) is 10.2. The molecule has 0 spiro atoms. The molecule has 0 heterocycles. The van der Waals surface area contributed by atoms with Gasteiger partial charge in [0.15, 0.2) is 0 Å². The van der Waals surface area contributed by atoms with E-state index in [1.54, 1.807) is 4.90 Å². The Morgan fingerprint density at radius 3 is 1.00 bits per heavy atom. The number of hydrogen-bond donors (Lipinski definition) is 2. The fourth-order valence-corrected chi connectivity index (χ4v) is 6.55. The second-order valence-corrected chi connectivity index (χ2v) is 16.2. The second kappa shape index (κ2) is 38.4. The number of carbonyl (C=O) groups excluding carboxylic acids is 3. The molecule has 0 fully saturated rings. The van der Waals surface area contributed by atoms with Crippen LogP contribution in [0.25, 0.3) is 0 Å². The number of likely N-dealkylation sites (N-methyl/N-ethyl adjacent to an activating group) is 2. The first-order valence-corrected chi connectivity index (χ1v) is 22.5. The number of nitrogens with one attached hydrogen (secondary N) is 2. The van der Waals surface area contributed by atoms with Crippen LogP contribution in [0.2, 0.25) is 0 Å². The van der Waals surface area contributed by atoms with Crippen molar-refractivity contribution in [2.45, 2.75) is 200 Å². The summed E-state index contributed by atoms with van der Waals surface area (Å²) >= 11 is 0. The Morgan fingerprint density at radius 2 is 0.717 bits per heavy atom. The fraction of sp³-hybridized carbons (Fsp3) is 0.932. The zero-order valence-corrected chi connectivity index (χ0v) is 36.1. The first kappa shape index (κ1) is 51.1. The van der Waals surface area contributed by atoms with Gasteiger partial charge in [0, 0.05) is 39.0 Å². The van der Waals surface area contributed by atoms with Crippen LogP contribution in [-0.4, -0.2) is 106 Å². The Morgan fingerprint density at radius 1 is 0.434 bits per heavy atom. The van der Waals surface area contributed by atoms with Crippen molar-refractivity contribution >= 4 is 17.9 Å². The molecule has 53 heavy (non-hydrogen) atoms. The highest BCUT2D eigenvalue weighted by Gasteiger charge is 2.22. The quantitative estimate of drug-likeness (QED) is 0.0608. The topological polar surface area (TPSA) is 94.2 Å². The number of unbranched alkanes of at least 4 members (excludes halogenated alkanes) is 24. The Balaban J connectivity index is 4.58. The lowest BCUT2D eigenvalue weighted by Gasteiger charge is -2.28. The Kier molecular flexibility index (Phi) is 37.1. The number of nitrogens with zero attached hydrogens (tertiary/aromatic N) is 3. The summed E-state index contributed by atoms with van der Waals surface area (Å²) in [6, 6.07) is 0. The molecule has 0 atom stereocenters. The smallest absolute Gasteiger partial charge is 0.410 e. The molecule has 2 N–H and O–H groups in total. The Bertz CT molecular complexity index is 783. The lowest BCUT2D eigenvalue weighted by Crippen LogP contribution is -2.47. The molecule has 0 aromatic rings. The number of rotatable bonds is 39. The summed E-state index contributed by atoms with van der Waals surface area (Å²) in [6.07, 6.45) is 32.9. The molecular weight excluding hydrogens is 663 g/mol. The molecular formula is C44H89N5O4. The maximum Gasteiger partial charge on any atom is 0.410 e. The number of amides is 3. The van der Waals surface area contributed by atoms with Crippen molar-refractivity contribution in [3.05, 3.63) is 0 Å². The van der Waals surface area contributed by atoms with Crippen LogP contribution >= 0.6 is 0 Å². The van der Waals surface area contributed by atoms with Crippen molar-refractivity contribution in [2.24, 2.45) is 0 Å². The van der Waals surface area contributed by atoms with Gasteiger partial charge in [-0.05, 0) is 41.0 Å². The van der Waals surface area contributed by atoms with Gasteiger partial charge in [-0.3, -0.25) is 9.59 Å². The van der Waals surface area contributed by atoms with Crippen molar-refractivity contribution < 1.29 is 19.1 Å². The van der Waals surface area contributed by atoms with Crippen molar-refractivity contribution in [3.63, 3.8) is 0 Å². The summed E-state index contributed by atoms with van der Waals surface area (Å²) in [6.45, 7) is 7.45. The first-order valence-electron chi connectivity index (χ1n) is 22.5. The van der Waals surface area contributed by atoms with E-state index in [0.29, 0.717) is 25.9 Å². The lowest BCUT2D eigenvalue weighted by atomic mass is 10.0. The predicted molar refractivity (Wildman–Crippen MR) is 226 cm³/mol. The van der Waals surface area contributed by atoms with E-state index in [1.807, 2.05) is 38.0 Å². The van der Waals surface area contributed by atoms with Crippen molar-refractivity contribution in [2.75, 3.05) is 67.5 Å². The third kappa shape index (κ3) is 36.9. The van der Waals surface area contributed by atoms with E-state index in [0.717, 1.165) is 38.8 Å². The molecule has 0 radical (unpaired) electrons. The minimum atomic E-state index is -0.630. The molecule has 0 rings (SSSR count). The largest absolute Gasteiger partial charge is 0.442 e. The lowest BCUT2D eigenvalue weighted by molar-refractivity contribution is -0.121. The van der Waals surface area contributed by atoms with Gasteiger partial charge in [0.05, 0.1) is 13.1 Å². The van der Waals surface area contributed by atoms with E-state index >= 15 is 0 Å². The minimum Gasteiger partial charge on any atom is -0.442 e. The second-order valence-electron chi connectivity index (χ2n) is 16.2. The summed E-state index contributed by atoms with van der Waals surface area (Å²) in [5.41, 5.74) is 0. The standard InChI is InChI=1S/C44H89N5O4/c1-7-9-11-13-15-17-19-21-23-25-27-29-31-33-42(50)45-39-41(53-44(52)49(37-35-47(3)4)38-36-48(5)6)40-46-43(51)34-32-30-28-26-24-22-20-18-16-14-12-10-8-2/h41H,7-40H2,1-6H3,(H,45,50)(H,46,51). The highest BCUT2D eigenvalue weighted by Crippen LogP contribution is 2.14. The van der Waals surface area contributed by atoms with Gasteiger partial charge >= 0.3 is 6.09 Å². The molecule has 0 unspecified atom stereocenters. The average molecular weight is 752 g/mol. The van der Waals surface area contributed by atoms with Crippen LogP contribution in [0, 0.1) is 0 Å². The molecule has 0 aromatic carbocycles. The molecule has 0 aliphatic rings. The summed E-state index contributed by atoms with van der Waals surface area (Å²) in [5.74, 6) is -0.0472. The molecule has 0 aliphatic heterocycles. The molecule has 0 aliphatic carbocycles. The monoisotopic (exact) mass is 752 g/mol. The number of ether oxygens (including phenoxy) is 1. The SMILES string of the molecule is CCCCCCCCCCCCCCCC(=O)NCC(CNC(=O)CCCCCCCCCCCCCCC)OC(=O)N(CCN(C)C)CCN(C)C. The molecule has 0 bridgehead atoms. The Labute approximate surface area is 328 Å². The normalized spacial score (nSPS) is 11.5. The van der Waals surface area contributed by atoms with E-state index in [2.05, 4.69) is 24.5 Å². The van der Waals surface area contributed by atoms with Gasteiger partial charge in [0.1, 0.15) is 6.10 Å². The summed E-state index contributed by atoms with van der Waals surface area (Å²) in [7, 11) is 7.94. The maximum atomic E-state index is 13.3. The van der Waals surface area contributed by atoms with E-state index < -0.39 is 12.2 Å². The van der Waals surface area contributed by atoms with E-state index in [4.69, 9.17) is 4.74 Å². The van der Waals surface area contributed by atoms with Gasteiger partial charge in [0.25, 0.3) is 0 Å². The van der Waals surface area contributed by atoms with E-state index in [1.165, 1.54) is 141 Å².